The molecular weight excluding hydrogens is 188 g/mol. The molecule has 15 heavy (non-hydrogen) atoms. The van der Waals surface area contributed by atoms with Gasteiger partial charge in [0.2, 0.25) is 0 Å². The van der Waals surface area contributed by atoms with Gasteiger partial charge in [-0.05, 0) is 37.5 Å². The van der Waals surface area contributed by atoms with Crippen LogP contribution in [0.25, 0.3) is 0 Å². The van der Waals surface area contributed by atoms with Crippen molar-refractivity contribution in [1.29, 1.82) is 0 Å². The highest BCUT2D eigenvalue weighted by atomic mass is 16.5. The van der Waals surface area contributed by atoms with Crippen LogP contribution in [0.2, 0.25) is 0 Å². The molecule has 0 aliphatic heterocycles. The minimum Gasteiger partial charge on any atom is -0.466 e. The fraction of sp³-hybridized carbons (Fsp3) is 0.769. The molecule has 0 unspecified atom stereocenters. The van der Waals surface area contributed by atoms with Gasteiger partial charge in [0.25, 0.3) is 0 Å². The largest absolute Gasteiger partial charge is 0.466 e. The summed E-state index contributed by atoms with van der Waals surface area (Å²) >= 11 is 0. The fourth-order valence-electron chi connectivity index (χ4n) is 2.47. The monoisotopic (exact) mass is 208 g/mol. The van der Waals surface area contributed by atoms with Gasteiger partial charge in [0.1, 0.15) is 0 Å². The summed E-state index contributed by atoms with van der Waals surface area (Å²) < 4.78 is 5.10. The van der Waals surface area contributed by atoms with Gasteiger partial charge in [0.05, 0.1) is 12.5 Å². The van der Waals surface area contributed by atoms with E-state index < -0.39 is 0 Å². The third kappa shape index (κ3) is 1.82. The van der Waals surface area contributed by atoms with Crippen LogP contribution in [-0.4, -0.2) is 12.6 Å². The number of ether oxygens (including phenoxy) is 1. The lowest BCUT2D eigenvalue weighted by Crippen LogP contribution is -2.10. The Kier molecular flexibility index (Phi) is 2.61. The summed E-state index contributed by atoms with van der Waals surface area (Å²) in [5, 5.41) is 0. The first kappa shape index (κ1) is 10.7. The number of rotatable bonds is 3. The van der Waals surface area contributed by atoms with Crippen LogP contribution in [0.1, 0.15) is 40.0 Å². The second-order valence-electron chi connectivity index (χ2n) is 5.26. The highest BCUT2D eigenvalue weighted by molar-refractivity contribution is 5.78. The van der Waals surface area contributed by atoms with Crippen LogP contribution in [0.4, 0.5) is 0 Å². The van der Waals surface area contributed by atoms with E-state index in [2.05, 4.69) is 19.9 Å². The van der Waals surface area contributed by atoms with Crippen LogP contribution in [0.5, 0.6) is 0 Å². The van der Waals surface area contributed by atoms with Crippen molar-refractivity contribution in [3.8, 4) is 0 Å². The molecule has 0 spiro atoms. The van der Waals surface area contributed by atoms with Crippen molar-refractivity contribution < 1.29 is 9.53 Å². The average Bonchev–Trinajstić information content (AvgIpc) is 2.61. The van der Waals surface area contributed by atoms with Crippen molar-refractivity contribution in [2.45, 2.75) is 40.0 Å². The van der Waals surface area contributed by atoms with Crippen molar-refractivity contribution in [2.24, 2.45) is 17.3 Å². The molecule has 2 rings (SSSR count). The summed E-state index contributed by atoms with van der Waals surface area (Å²) in [6.07, 6.45) is 6.12. The molecule has 0 N–H and O–H groups in total. The summed E-state index contributed by atoms with van der Waals surface area (Å²) in [6, 6.07) is 0. The Morgan fingerprint density at radius 2 is 2.20 bits per heavy atom. The molecule has 2 heteroatoms. The third-order valence-corrected chi connectivity index (χ3v) is 3.86. The van der Waals surface area contributed by atoms with E-state index in [-0.39, 0.29) is 17.3 Å². The number of esters is 1. The Bertz CT molecular complexity index is 296. The summed E-state index contributed by atoms with van der Waals surface area (Å²) in [5.41, 5.74) is 1.66. The number of hydrogen-bond acceptors (Lipinski definition) is 2. The Morgan fingerprint density at radius 1 is 1.53 bits per heavy atom. The summed E-state index contributed by atoms with van der Waals surface area (Å²) in [6.45, 7) is 6.69. The van der Waals surface area contributed by atoms with Gasteiger partial charge < -0.3 is 4.74 Å². The topological polar surface area (TPSA) is 26.3 Å². The lowest BCUT2D eigenvalue weighted by Gasteiger charge is -2.16. The molecule has 0 aromatic rings. The standard InChI is InChI=1S/C13H20O2/c1-4-15-12(14)11-10(13(11,2)3)8-9-6-5-7-9/h8,10-11H,4-7H2,1-3H3/t10-,11+/m1/s1. The zero-order valence-electron chi connectivity index (χ0n) is 9.88. The van der Waals surface area contributed by atoms with Gasteiger partial charge >= 0.3 is 5.97 Å². The van der Waals surface area contributed by atoms with Crippen LogP contribution >= 0.6 is 0 Å². The Hall–Kier alpha value is -0.790. The van der Waals surface area contributed by atoms with Gasteiger partial charge in [-0.3, -0.25) is 4.79 Å². The molecule has 0 aromatic heterocycles. The van der Waals surface area contributed by atoms with Crippen LogP contribution < -0.4 is 0 Å². The van der Waals surface area contributed by atoms with Crippen molar-refractivity contribution in [3.63, 3.8) is 0 Å². The molecule has 0 heterocycles. The van der Waals surface area contributed by atoms with Gasteiger partial charge in [0, 0.05) is 0 Å². The van der Waals surface area contributed by atoms with Crippen molar-refractivity contribution in [1.82, 2.24) is 0 Å². The van der Waals surface area contributed by atoms with Crippen LogP contribution in [0.15, 0.2) is 11.6 Å². The fourth-order valence-corrected chi connectivity index (χ4v) is 2.47. The molecule has 2 aliphatic rings. The number of carbonyl (C=O) groups excluding carboxylic acids is 1. The van der Waals surface area contributed by atoms with Crippen molar-refractivity contribution in [3.05, 3.63) is 11.6 Å². The van der Waals surface area contributed by atoms with E-state index in [4.69, 9.17) is 4.74 Å². The van der Waals surface area contributed by atoms with Gasteiger partial charge in [0.15, 0.2) is 0 Å². The third-order valence-electron chi connectivity index (χ3n) is 3.86. The normalized spacial score (nSPS) is 31.8. The highest BCUT2D eigenvalue weighted by Crippen LogP contribution is 2.60. The zero-order valence-corrected chi connectivity index (χ0v) is 9.88. The quantitative estimate of drug-likeness (QED) is 0.526. The predicted octanol–water partition coefficient (Wildman–Crippen LogP) is 2.93. The molecule has 2 nitrogen and oxygen atoms in total. The molecule has 2 aliphatic carbocycles. The minimum absolute atomic E-state index is 0.0105. The van der Waals surface area contributed by atoms with Gasteiger partial charge in [-0.15, -0.1) is 0 Å². The van der Waals surface area contributed by atoms with E-state index in [1.807, 2.05) is 6.92 Å². The molecule has 2 atom stereocenters. The Labute approximate surface area is 91.7 Å². The smallest absolute Gasteiger partial charge is 0.310 e. The van der Waals surface area contributed by atoms with E-state index in [0.717, 1.165) is 0 Å². The van der Waals surface area contributed by atoms with Crippen molar-refractivity contribution in [2.75, 3.05) is 6.61 Å². The predicted molar refractivity (Wildman–Crippen MR) is 59.3 cm³/mol. The first-order chi connectivity index (χ1) is 7.07. The second-order valence-corrected chi connectivity index (χ2v) is 5.26. The van der Waals surface area contributed by atoms with Gasteiger partial charge in [-0.25, -0.2) is 0 Å². The lowest BCUT2D eigenvalue weighted by molar-refractivity contribution is -0.145. The molecule has 0 amide bonds. The zero-order chi connectivity index (χ0) is 11.1. The molecule has 0 saturated heterocycles. The van der Waals surface area contributed by atoms with Crippen molar-refractivity contribution >= 4 is 5.97 Å². The summed E-state index contributed by atoms with van der Waals surface area (Å²) in [7, 11) is 0. The summed E-state index contributed by atoms with van der Waals surface area (Å²) in [5.74, 6) is 0.515. The first-order valence-electron chi connectivity index (χ1n) is 5.93. The van der Waals surface area contributed by atoms with E-state index in [0.29, 0.717) is 12.5 Å². The van der Waals surface area contributed by atoms with Crippen LogP contribution in [0.3, 0.4) is 0 Å². The maximum atomic E-state index is 11.7. The van der Waals surface area contributed by atoms with Crippen LogP contribution in [0, 0.1) is 17.3 Å². The molecule has 0 aromatic carbocycles. The second kappa shape index (κ2) is 3.66. The molecule has 84 valence electrons. The number of allylic oxidation sites excluding steroid dienone is 2. The Balaban J connectivity index is 1.99. The van der Waals surface area contributed by atoms with Crippen LogP contribution in [-0.2, 0) is 9.53 Å². The lowest BCUT2D eigenvalue weighted by atomic mass is 9.90. The SMILES string of the molecule is CCOC(=O)[C@@H]1[C@@H](C=C2CCC2)C1(C)C. The maximum absolute atomic E-state index is 11.7. The van der Waals surface area contributed by atoms with E-state index in [1.165, 1.54) is 19.3 Å². The molecule has 0 bridgehead atoms. The molecule has 0 radical (unpaired) electrons. The molecular formula is C13H20O2. The van der Waals surface area contributed by atoms with E-state index in [1.54, 1.807) is 5.57 Å². The molecule has 2 fully saturated rings. The number of hydrogen-bond donors (Lipinski definition) is 0. The van der Waals surface area contributed by atoms with E-state index in [9.17, 15) is 4.79 Å². The molecule has 2 saturated carbocycles. The first-order valence-corrected chi connectivity index (χ1v) is 5.93. The van der Waals surface area contributed by atoms with E-state index >= 15 is 0 Å². The average molecular weight is 208 g/mol. The maximum Gasteiger partial charge on any atom is 0.310 e. The minimum atomic E-state index is -0.0105. The van der Waals surface area contributed by atoms with Gasteiger partial charge in [-0.2, -0.15) is 0 Å². The highest BCUT2D eigenvalue weighted by Gasteiger charge is 2.61. The van der Waals surface area contributed by atoms with Gasteiger partial charge in [-0.1, -0.05) is 25.5 Å². The Morgan fingerprint density at radius 3 is 2.67 bits per heavy atom. The summed E-state index contributed by atoms with van der Waals surface area (Å²) in [4.78, 5) is 11.7. The number of carbonyl (C=O) groups is 1.